The number of hydrogen-bond acceptors (Lipinski definition) is 5. The average molecular weight is 382 g/mol. The van der Waals surface area contributed by atoms with E-state index < -0.39 is 0 Å². The molecule has 0 unspecified atom stereocenters. The fourth-order valence-electron chi connectivity index (χ4n) is 3.68. The molecule has 0 bridgehead atoms. The molecule has 7 nitrogen and oxygen atoms in total. The molecule has 2 aromatic rings. The van der Waals surface area contributed by atoms with E-state index in [0.29, 0.717) is 30.2 Å². The van der Waals surface area contributed by atoms with Crippen molar-refractivity contribution in [2.75, 3.05) is 26.7 Å². The molecule has 0 N–H and O–H groups in total. The Hall–Kier alpha value is -2.70. The number of benzene rings is 1. The highest BCUT2D eigenvalue weighted by Crippen LogP contribution is 2.28. The van der Waals surface area contributed by atoms with Crippen LogP contribution in [0.25, 0.3) is 11.5 Å². The molecule has 0 spiro atoms. The van der Waals surface area contributed by atoms with Crippen molar-refractivity contribution in [1.29, 1.82) is 0 Å². The molecule has 0 radical (unpaired) electrons. The number of amides is 2. The van der Waals surface area contributed by atoms with Crippen LogP contribution in [-0.2, 0) is 11.2 Å². The van der Waals surface area contributed by atoms with Crippen molar-refractivity contribution in [3.05, 3.63) is 35.7 Å². The van der Waals surface area contributed by atoms with Gasteiger partial charge in [0.1, 0.15) is 0 Å². The number of aromatic nitrogens is 2. The van der Waals surface area contributed by atoms with Gasteiger partial charge in [0.05, 0.1) is 0 Å². The van der Waals surface area contributed by atoms with Crippen LogP contribution in [-0.4, -0.2) is 58.4 Å². The van der Waals surface area contributed by atoms with Crippen LogP contribution in [0.4, 0.5) is 0 Å². The molecule has 28 heavy (non-hydrogen) atoms. The minimum atomic E-state index is 0.0782. The highest BCUT2D eigenvalue weighted by Gasteiger charge is 2.27. The lowest BCUT2D eigenvalue weighted by Gasteiger charge is -2.28. The molecule has 7 heteroatoms. The molecule has 2 fully saturated rings. The zero-order valence-corrected chi connectivity index (χ0v) is 16.3. The second-order valence-corrected chi connectivity index (χ2v) is 7.73. The van der Waals surface area contributed by atoms with E-state index in [0.717, 1.165) is 50.8 Å². The van der Waals surface area contributed by atoms with E-state index in [-0.39, 0.29) is 17.7 Å². The van der Waals surface area contributed by atoms with Gasteiger partial charge in [-0.2, -0.15) is 4.98 Å². The second-order valence-electron chi connectivity index (χ2n) is 7.73. The summed E-state index contributed by atoms with van der Waals surface area (Å²) in [6.07, 6.45) is 5.88. The normalized spacial score (nSPS) is 16.8. The molecule has 2 aliphatic rings. The van der Waals surface area contributed by atoms with Crippen LogP contribution in [0.3, 0.4) is 0 Å². The van der Waals surface area contributed by atoms with Crippen LogP contribution < -0.4 is 0 Å². The Balaban J connectivity index is 1.34. The van der Waals surface area contributed by atoms with E-state index in [1.54, 1.807) is 4.90 Å². The smallest absolute Gasteiger partial charge is 0.257 e. The molecular formula is C21H26N4O3. The van der Waals surface area contributed by atoms with Crippen LogP contribution in [0.1, 0.15) is 48.3 Å². The van der Waals surface area contributed by atoms with Crippen molar-refractivity contribution in [2.24, 2.45) is 5.92 Å². The number of rotatable bonds is 6. The number of carbonyl (C=O) groups is 2. The fourth-order valence-corrected chi connectivity index (χ4v) is 3.68. The van der Waals surface area contributed by atoms with Gasteiger partial charge >= 0.3 is 0 Å². The quantitative estimate of drug-likeness (QED) is 0.767. The lowest BCUT2D eigenvalue weighted by Crippen LogP contribution is -2.37. The van der Waals surface area contributed by atoms with Gasteiger partial charge in [-0.25, -0.2) is 0 Å². The van der Waals surface area contributed by atoms with Gasteiger partial charge in [0.2, 0.25) is 5.91 Å². The summed E-state index contributed by atoms with van der Waals surface area (Å²) >= 11 is 0. The van der Waals surface area contributed by atoms with Gasteiger partial charge in [0.25, 0.3) is 11.8 Å². The third kappa shape index (κ3) is 3.93. The first kappa shape index (κ1) is 18.7. The van der Waals surface area contributed by atoms with Crippen molar-refractivity contribution in [3.8, 4) is 11.5 Å². The first-order valence-electron chi connectivity index (χ1n) is 10.1. The molecular weight excluding hydrogens is 356 g/mol. The van der Waals surface area contributed by atoms with Gasteiger partial charge in [-0.05, 0) is 49.9 Å². The van der Waals surface area contributed by atoms with Crippen LogP contribution >= 0.6 is 0 Å². The van der Waals surface area contributed by atoms with E-state index in [1.807, 2.05) is 36.2 Å². The van der Waals surface area contributed by atoms with Crippen molar-refractivity contribution in [1.82, 2.24) is 19.9 Å². The SMILES string of the molecule is CN(CCc1noc(-c2ccc(C(=O)N3CCCC3)cc2)n1)C(=O)C1CCC1. The van der Waals surface area contributed by atoms with Crippen LogP contribution in [0.5, 0.6) is 0 Å². The van der Waals surface area contributed by atoms with Crippen molar-refractivity contribution in [2.45, 2.75) is 38.5 Å². The number of hydrogen-bond donors (Lipinski definition) is 0. The third-order valence-electron chi connectivity index (χ3n) is 5.74. The molecule has 1 aliphatic carbocycles. The number of likely N-dealkylation sites (N-methyl/N-ethyl adjacent to an activating group) is 1. The molecule has 1 aliphatic heterocycles. The summed E-state index contributed by atoms with van der Waals surface area (Å²) in [7, 11) is 1.83. The topological polar surface area (TPSA) is 79.5 Å². The van der Waals surface area contributed by atoms with Crippen LogP contribution in [0.15, 0.2) is 28.8 Å². The Labute approximate surface area is 164 Å². The number of carbonyl (C=O) groups excluding carboxylic acids is 2. The maximum absolute atomic E-state index is 12.4. The highest BCUT2D eigenvalue weighted by atomic mass is 16.5. The van der Waals surface area contributed by atoms with Crippen molar-refractivity contribution >= 4 is 11.8 Å². The van der Waals surface area contributed by atoms with Crippen LogP contribution in [0, 0.1) is 5.92 Å². The van der Waals surface area contributed by atoms with Gasteiger partial charge in [-0.1, -0.05) is 11.6 Å². The molecule has 1 saturated heterocycles. The average Bonchev–Trinajstić information content (AvgIpc) is 3.36. The lowest BCUT2D eigenvalue weighted by atomic mass is 9.84. The highest BCUT2D eigenvalue weighted by molar-refractivity contribution is 5.94. The predicted molar refractivity (Wildman–Crippen MR) is 104 cm³/mol. The molecule has 0 atom stereocenters. The predicted octanol–water partition coefficient (Wildman–Crippen LogP) is 2.77. The summed E-state index contributed by atoms with van der Waals surface area (Å²) in [5.41, 5.74) is 1.47. The third-order valence-corrected chi connectivity index (χ3v) is 5.74. The van der Waals surface area contributed by atoms with E-state index >= 15 is 0 Å². The van der Waals surface area contributed by atoms with E-state index in [2.05, 4.69) is 10.1 Å². The van der Waals surface area contributed by atoms with E-state index in [1.165, 1.54) is 0 Å². The Kier molecular flexibility index (Phi) is 5.41. The summed E-state index contributed by atoms with van der Waals surface area (Å²) in [6, 6.07) is 7.30. The van der Waals surface area contributed by atoms with E-state index in [9.17, 15) is 9.59 Å². The Morgan fingerprint density at radius 1 is 1.14 bits per heavy atom. The Morgan fingerprint density at radius 2 is 1.86 bits per heavy atom. The first-order chi connectivity index (χ1) is 13.6. The summed E-state index contributed by atoms with van der Waals surface area (Å²) in [6.45, 7) is 2.26. The summed E-state index contributed by atoms with van der Waals surface area (Å²) < 4.78 is 5.36. The Morgan fingerprint density at radius 3 is 2.50 bits per heavy atom. The minimum Gasteiger partial charge on any atom is -0.345 e. The maximum atomic E-state index is 12.4. The molecule has 1 saturated carbocycles. The first-order valence-corrected chi connectivity index (χ1v) is 10.1. The molecule has 2 amide bonds. The maximum Gasteiger partial charge on any atom is 0.257 e. The standard InChI is InChI=1S/C21H26N4O3/c1-24(20(26)16-5-4-6-16)14-11-18-22-19(28-23-18)15-7-9-17(10-8-15)21(27)25-12-2-3-13-25/h7-10,16H,2-6,11-14H2,1H3. The number of likely N-dealkylation sites (tertiary alicyclic amines) is 1. The van der Waals surface area contributed by atoms with Gasteiger partial charge in [0, 0.05) is 50.1 Å². The zero-order valence-electron chi connectivity index (χ0n) is 16.3. The zero-order chi connectivity index (χ0) is 19.5. The largest absolute Gasteiger partial charge is 0.345 e. The van der Waals surface area contributed by atoms with Gasteiger partial charge in [-0.15, -0.1) is 0 Å². The van der Waals surface area contributed by atoms with Crippen molar-refractivity contribution < 1.29 is 14.1 Å². The van der Waals surface area contributed by atoms with Gasteiger partial charge in [0.15, 0.2) is 5.82 Å². The van der Waals surface area contributed by atoms with Gasteiger partial charge in [-0.3, -0.25) is 9.59 Å². The van der Waals surface area contributed by atoms with Crippen molar-refractivity contribution in [3.63, 3.8) is 0 Å². The molecule has 2 heterocycles. The lowest BCUT2D eigenvalue weighted by molar-refractivity contribution is -0.136. The summed E-state index contributed by atoms with van der Waals surface area (Å²) in [4.78, 5) is 32.7. The second kappa shape index (κ2) is 8.12. The monoisotopic (exact) mass is 382 g/mol. The summed E-state index contributed by atoms with van der Waals surface area (Å²) in [5.74, 6) is 1.51. The molecule has 4 rings (SSSR count). The summed E-state index contributed by atoms with van der Waals surface area (Å²) in [5, 5.41) is 4.02. The molecule has 1 aromatic heterocycles. The molecule has 148 valence electrons. The number of nitrogens with zero attached hydrogens (tertiary/aromatic N) is 4. The minimum absolute atomic E-state index is 0.0782. The Bertz CT molecular complexity index is 836. The van der Waals surface area contributed by atoms with E-state index in [4.69, 9.17) is 4.52 Å². The molecule has 1 aromatic carbocycles. The fraction of sp³-hybridized carbons (Fsp3) is 0.524. The van der Waals surface area contributed by atoms with Gasteiger partial charge < -0.3 is 14.3 Å². The van der Waals surface area contributed by atoms with Crippen LogP contribution in [0.2, 0.25) is 0 Å².